The number of fused-ring (bicyclic) bond motifs is 2. The van der Waals surface area contributed by atoms with Crippen LogP contribution in [-0.2, 0) is 10.2 Å². The van der Waals surface area contributed by atoms with Crippen molar-refractivity contribution >= 4 is 27.8 Å². The molecule has 2 N–H and O–H groups in total. The minimum atomic E-state index is -0.766. The summed E-state index contributed by atoms with van der Waals surface area (Å²) in [6, 6.07) is 12.8. The first kappa shape index (κ1) is 20.3. The number of carboxylic acids is 1. The monoisotopic (exact) mass is 430 g/mol. The maximum atomic E-state index is 13.7. The van der Waals surface area contributed by atoms with Crippen molar-refractivity contribution in [3.05, 3.63) is 59.7 Å². The molecule has 0 amide bonds. The SMILES string of the molecule is CC(C)(CC#N)c1c([C@H]2C[C@H](C(=O)O)C2)c2cc3[nH]ncc3cc2n1-c1ccc(F)cc1. The van der Waals surface area contributed by atoms with E-state index in [-0.39, 0.29) is 17.7 Å². The lowest BCUT2D eigenvalue weighted by atomic mass is 9.68. The number of rotatable bonds is 5. The van der Waals surface area contributed by atoms with E-state index in [1.165, 1.54) is 12.1 Å². The Balaban J connectivity index is 1.86. The number of hydrogen-bond donors (Lipinski definition) is 2. The Morgan fingerprint density at radius 2 is 2.03 bits per heavy atom. The third kappa shape index (κ3) is 3.06. The van der Waals surface area contributed by atoms with E-state index in [1.54, 1.807) is 18.3 Å². The van der Waals surface area contributed by atoms with Crippen LogP contribution in [0.1, 0.15) is 50.3 Å². The fourth-order valence-electron chi connectivity index (χ4n) is 5.02. The number of aromatic amines is 1. The van der Waals surface area contributed by atoms with Crippen LogP contribution in [0.3, 0.4) is 0 Å². The summed E-state index contributed by atoms with van der Waals surface area (Å²) < 4.78 is 15.8. The summed E-state index contributed by atoms with van der Waals surface area (Å²) in [6.07, 6.45) is 3.19. The highest BCUT2D eigenvalue weighted by Crippen LogP contribution is 2.50. The molecule has 0 radical (unpaired) electrons. The van der Waals surface area contributed by atoms with E-state index in [4.69, 9.17) is 0 Å². The number of carbonyl (C=O) groups is 1. The zero-order valence-corrected chi connectivity index (χ0v) is 17.9. The van der Waals surface area contributed by atoms with Crippen LogP contribution in [0.4, 0.5) is 4.39 Å². The number of aliphatic carboxylic acids is 1. The Labute approximate surface area is 184 Å². The van der Waals surface area contributed by atoms with Gasteiger partial charge in [-0.05, 0) is 60.7 Å². The van der Waals surface area contributed by atoms with Crippen LogP contribution in [-0.4, -0.2) is 25.8 Å². The van der Waals surface area contributed by atoms with Gasteiger partial charge in [-0.25, -0.2) is 4.39 Å². The summed E-state index contributed by atoms with van der Waals surface area (Å²) in [5.41, 5.74) is 4.21. The summed E-state index contributed by atoms with van der Waals surface area (Å²) in [5, 5.41) is 28.2. The zero-order valence-electron chi connectivity index (χ0n) is 17.9. The third-order valence-electron chi connectivity index (χ3n) is 6.71. The number of nitrogens with zero attached hydrogens (tertiary/aromatic N) is 3. The predicted octanol–water partition coefficient (Wildman–Crippen LogP) is 5.42. The highest BCUT2D eigenvalue weighted by molar-refractivity contribution is 5.99. The molecule has 32 heavy (non-hydrogen) atoms. The molecule has 162 valence electrons. The molecule has 0 bridgehead atoms. The summed E-state index contributed by atoms with van der Waals surface area (Å²) in [5.74, 6) is -1.36. The van der Waals surface area contributed by atoms with Gasteiger partial charge in [-0.1, -0.05) is 13.8 Å². The first-order chi connectivity index (χ1) is 15.3. The fourth-order valence-corrected chi connectivity index (χ4v) is 5.02. The lowest BCUT2D eigenvalue weighted by Gasteiger charge is -2.36. The van der Waals surface area contributed by atoms with Gasteiger partial charge in [0.05, 0.1) is 29.2 Å². The lowest BCUT2D eigenvalue weighted by Crippen LogP contribution is -2.31. The average Bonchev–Trinajstić information content (AvgIpc) is 3.28. The van der Waals surface area contributed by atoms with Crippen LogP contribution in [0, 0.1) is 23.1 Å². The van der Waals surface area contributed by atoms with Crippen molar-refractivity contribution in [2.24, 2.45) is 5.92 Å². The molecule has 0 saturated heterocycles. The van der Waals surface area contributed by atoms with Gasteiger partial charge in [0.15, 0.2) is 0 Å². The van der Waals surface area contributed by atoms with Crippen molar-refractivity contribution in [1.29, 1.82) is 5.26 Å². The highest BCUT2D eigenvalue weighted by atomic mass is 19.1. The molecular formula is C25H23FN4O2. The summed E-state index contributed by atoms with van der Waals surface area (Å²) in [4.78, 5) is 11.5. The Bertz CT molecular complexity index is 1390. The van der Waals surface area contributed by atoms with Crippen LogP contribution in [0.2, 0.25) is 0 Å². The van der Waals surface area contributed by atoms with E-state index < -0.39 is 11.4 Å². The third-order valence-corrected chi connectivity index (χ3v) is 6.71. The minimum Gasteiger partial charge on any atom is -0.481 e. The number of nitrogens with one attached hydrogen (secondary N) is 1. The normalized spacial score (nSPS) is 18.6. The van der Waals surface area contributed by atoms with Crippen LogP contribution in [0.15, 0.2) is 42.6 Å². The first-order valence-corrected chi connectivity index (χ1v) is 10.7. The quantitative estimate of drug-likeness (QED) is 0.442. The molecule has 0 aliphatic heterocycles. The molecule has 1 aliphatic carbocycles. The second kappa shape index (κ2) is 7.20. The first-order valence-electron chi connectivity index (χ1n) is 10.7. The van der Waals surface area contributed by atoms with Crippen LogP contribution >= 0.6 is 0 Å². The Morgan fingerprint density at radius 1 is 1.31 bits per heavy atom. The maximum Gasteiger partial charge on any atom is 0.306 e. The van der Waals surface area contributed by atoms with E-state index in [0.29, 0.717) is 19.3 Å². The van der Waals surface area contributed by atoms with Crippen molar-refractivity contribution in [2.45, 2.75) is 44.4 Å². The average molecular weight is 430 g/mol. The number of nitriles is 1. The fraction of sp³-hybridized carbons (Fsp3) is 0.320. The second-order valence-corrected chi connectivity index (χ2v) is 9.32. The minimum absolute atomic E-state index is 0.0774. The molecule has 5 rings (SSSR count). The zero-order chi connectivity index (χ0) is 22.6. The van der Waals surface area contributed by atoms with Gasteiger partial charge in [0.1, 0.15) is 5.82 Å². The van der Waals surface area contributed by atoms with Crippen LogP contribution in [0.25, 0.3) is 27.5 Å². The number of aromatic nitrogens is 3. The molecule has 6 nitrogen and oxygen atoms in total. The number of benzene rings is 2. The van der Waals surface area contributed by atoms with E-state index in [1.807, 2.05) is 13.8 Å². The van der Waals surface area contributed by atoms with E-state index in [2.05, 4.69) is 33.0 Å². The predicted molar refractivity (Wildman–Crippen MR) is 119 cm³/mol. The van der Waals surface area contributed by atoms with Crippen LogP contribution in [0.5, 0.6) is 0 Å². The standard InChI is InChI=1S/C25H23FN4O2/c1-25(2,7-8-27)23-22(14-9-15(10-14)24(31)32)19-12-20-16(13-28-29-20)11-21(19)30(23)18-5-3-17(26)4-6-18/h3-6,11-15H,7,9-10H2,1-2H3,(H,28,29)(H,31,32)/t14-,15-. The maximum absolute atomic E-state index is 13.7. The van der Waals surface area contributed by atoms with Crippen molar-refractivity contribution in [2.75, 3.05) is 0 Å². The molecule has 1 fully saturated rings. The molecule has 2 heterocycles. The summed E-state index contributed by atoms with van der Waals surface area (Å²) >= 11 is 0. The van der Waals surface area contributed by atoms with Gasteiger partial charge in [0, 0.05) is 34.0 Å². The smallest absolute Gasteiger partial charge is 0.306 e. The van der Waals surface area contributed by atoms with Gasteiger partial charge in [0.25, 0.3) is 0 Å². The molecule has 0 spiro atoms. The Hall–Kier alpha value is -3.66. The Morgan fingerprint density at radius 3 is 2.69 bits per heavy atom. The van der Waals surface area contributed by atoms with Gasteiger partial charge >= 0.3 is 5.97 Å². The number of carboxylic acid groups (broad SMARTS) is 1. The summed E-state index contributed by atoms with van der Waals surface area (Å²) in [7, 11) is 0. The molecule has 1 aliphatic rings. The summed E-state index contributed by atoms with van der Waals surface area (Å²) in [6.45, 7) is 4.07. The number of H-pyrrole nitrogens is 1. The van der Waals surface area contributed by atoms with Gasteiger partial charge < -0.3 is 9.67 Å². The van der Waals surface area contributed by atoms with Gasteiger partial charge in [-0.15, -0.1) is 0 Å². The van der Waals surface area contributed by atoms with Gasteiger partial charge in [0.2, 0.25) is 0 Å². The molecule has 1 saturated carbocycles. The second-order valence-electron chi connectivity index (χ2n) is 9.32. The van der Waals surface area contributed by atoms with Crippen molar-refractivity contribution in [3.63, 3.8) is 0 Å². The van der Waals surface area contributed by atoms with Crippen molar-refractivity contribution in [3.8, 4) is 11.8 Å². The van der Waals surface area contributed by atoms with Crippen LogP contribution < -0.4 is 0 Å². The highest BCUT2D eigenvalue weighted by Gasteiger charge is 2.41. The molecular weight excluding hydrogens is 407 g/mol. The molecule has 4 aromatic rings. The van der Waals surface area contributed by atoms with Crippen molar-refractivity contribution in [1.82, 2.24) is 14.8 Å². The van der Waals surface area contributed by atoms with Gasteiger partial charge in [-0.3, -0.25) is 9.89 Å². The van der Waals surface area contributed by atoms with E-state index >= 15 is 0 Å². The lowest BCUT2D eigenvalue weighted by molar-refractivity contribution is -0.145. The number of hydrogen-bond acceptors (Lipinski definition) is 3. The Kier molecular flexibility index (Phi) is 4.55. The molecule has 2 aromatic heterocycles. The van der Waals surface area contributed by atoms with E-state index in [0.717, 1.165) is 38.8 Å². The molecule has 0 unspecified atom stereocenters. The topological polar surface area (TPSA) is 94.7 Å². The molecule has 7 heteroatoms. The number of halogens is 1. The van der Waals surface area contributed by atoms with E-state index in [9.17, 15) is 19.6 Å². The largest absolute Gasteiger partial charge is 0.481 e. The van der Waals surface area contributed by atoms with Gasteiger partial charge in [-0.2, -0.15) is 10.4 Å². The molecule has 2 aromatic carbocycles. The van der Waals surface area contributed by atoms with Crippen molar-refractivity contribution < 1.29 is 14.3 Å². The molecule has 0 atom stereocenters.